The van der Waals surface area contributed by atoms with Gasteiger partial charge in [-0.2, -0.15) is 10.2 Å². The van der Waals surface area contributed by atoms with Crippen LogP contribution in [-0.4, -0.2) is 17.9 Å². The molecule has 3 aromatic carbocycles. The molecule has 150 valence electrons. The number of carbonyl (C=O) groups excluding carboxylic acids is 2. The standard InChI is InChI=1S/C22H16Cl2N4O2/c1-14-2-8-17(9-3-14)25-26-20-21(29)27(18-10-4-15(23)5-11-18)28(22(20)30)19-12-6-16(24)7-13-19/h2-13,20H,1H3. The normalized spacial score (nSPS) is 14.9. The van der Waals surface area contributed by atoms with Crippen molar-refractivity contribution in [1.82, 2.24) is 0 Å². The fourth-order valence-corrected chi connectivity index (χ4v) is 3.27. The summed E-state index contributed by atoms with van der Waals surface area (Å²) in [5.74, 6) is -1.01. The summed E-state index contributed by atoms with van der Waals surface area (Å²) in [7, 11) is 0. The molecule has 1 saturated heterocycles. The Labute approximate surface area is 183 Å². The fourth-order valence-electron chi connectivity index (χ4n) is 3.02. The maximum absolute atomic E-state index is 13.2. The van der Waals surface area contributed by atoms with Gasteiger partial charge < -0.3 is 0 Å². The van der Waals surface area contributed by atoms with Crippen LogP contribution in [0.2, 0.25) is 10.0 Å². The molecule has 1 aliphatic heterocycles. The molecule has 3 aromatic rings. The summed E-state index contributed by atoms with van der Waals surface area (Å²) in [6.07, 6.45) is 0. The molecule has 4 rings (SSSR count). The maximum atomic E-state index is 13.2. The number of carbonyl (C=O) groups is 2. The summed E-state index contributed by atoms with van der Waals surface area (Å²) in [5.41, 5.74) is 2.61. The topological polar surface area (TPSA) is 65.3 Å². The second-order valence-electron chi connectivity index (χ2n) is 6.71. The van der Waals surface area contributed by atoms with E-state index in [1.807, 2.05) is 19.1 Å². The highest BCUT2D eigenvalue weighted by molar-refractivity contribution is 6.31. The van der Waals surface area contributed by atoms with E-state index in [0.717, 1.165) is 5.56 Å². The van der Waals surface area contributed by atoms with Crippen LogP contribution in [-0.2, 0) is 9.59 Å². The Bertz CT molecular complexity index is 1050. The Morgan fingerprint density at radius 1 is 0.700 bits per heavy atom. The van der Waals surface area contributed by atoms with Crippen molar-refractivity contribution in [2.75, 3.05) is 10.0 Å². The van der Waals surface area contributed by atoms with Gasteiger partial charge in [0.05, 0.1) is 17.1 Å². The van der Waals surface area contributed by atoms with Crippen LogP contribution < -0.4 is 10.0 Å². The lowest BCUT2D eigenvalue weighted by Crippen LogP contribution is -2.41. The molecule has 0 aromatic heterocycles. The minimum Gasteiger partial charge on any atom is -0.269 e. The van der Waals surface area contributed by atoms with Crippen molar-refractivity contribution in [3.05, 3.63) is 88.4 Å². The molecular weight excluding hydrogens is 423 g/mol. The quantitative estimate of drug-likeness (QED) is 0.384. The summed E-state index contributed by atoms with van der Waals surface area (Å²) in [6.45, 7) is 1.96. The lowest BCUT2D eigenvalue weighted by molar-refractivity contribution is -0.123. The number of amides is 2. The Morgan fingerprint density at radius 3 is 1.57 bits per heavy atom. The van der Waals surface area contributed by atoms with E-state index in [1.54, 1.807) is 60.7 Å². The second-order valence-corrected chi connectivity index (χ2v) is 7.58. The first-order valence-corrected chi connectivity index (χ1v) is 9.86. The third-order valence-electron chi connectivity index (χ3n) is 4.55. The maximum Gasteiger partial charge on any atom is 0.282 e. The highest BCUT2D eigenvalue weighted by Gasteiger charge is 2.47. The Balaban J connectivity index is 1.73. The van der Waals surface area contributed by atoms with Crippen molar-refractivity contribution in [1.29, 1.82) is 0 Å². The van der Waals surface area contributed by atoms with Crippen LogP contribution >= 0.6 is 23.2 Å². The van der Waals surface area contributed by atoms with Crippen LogP contribution in [0.25, 0.3) is 0 Å². The van der Waals surface area contributed by atoms with Crippen molar-refractivity contribution < 1.29 is 9.59 Å². The van der Waals surface area contributed by atoms with Crippen LogP contribution in [0, 0.1) is 6.92 Å². The predicted molar refractivity (Wildman–Crippen MR) is 117 cm³/mol. The lowest BCUT2D eigenvalue weighted by atomic mass is 10.2. The molecule has 1 heterocycles. The van der Waals surface area contributed by atoms with Gasteiger partial charge in [0.2, 0.25) is 6.04 Å². The van der Waals surface area contributed by atoms with Gasteiger partial charge in [-0.3, -0.25) is 9.59 Å². The number of nitrogens with zero attached hydrogens (tertiary/aromatic N) is 4. The molecule has 30 heavy (non-hydrogen) atoms. The van der Waals surface area contributed by atoms with Gasteiger partial charge in [0, 0.05) is 10.0 Å². The molecule has 0 spiro atoms. The molecule has 0 radical (unpaired) electrons. The fraction of sp³-hybridized carbons (Fsp3) is 0.0909. The van der Waals surface area contributed by atoms with Crippen LogP contribution in [0.15, 0.2) is 83.0 Å². The molecule has 0 saturated carbocycles. The van der Waals surface area contributed by atoms with Crippen LogP contribution in [0.5, 0.6) is 0 Å². The molecular formula is C22H16Cl2N4O2. The summed E-state index contributed by atoms with van der Waals surface area (Å²) < 4.78 is 0. The van der Waals surface area contributed by atoms with E-state index >= 15 is 0 Å². The van der Waals surface area contributed by atoms with Gasteiger partial charge in [0.1, 0.15) is 0 Å². The smallest absolute Gasteiger partial charge is 0.269 e. The van der Waals surface area contributed by atoms with E-state index in [-0.39, 0.29) is 0 Å². The number of hydrogen-bond donors (Lipinski definition) is 0. The summed E-state index contributed by atoms with van der Waals surface area (Å²) >= 11 is 12.0. The van der Waals surface area contributed by atoms with Crippen LogP contribution in [0.1, 0.15) is 5.56 Å². The first kappa shape index (κ1) is 20.1. The van der Waals surface area contributed by atoms with Crippen molar-refractivity contribution in [3.8, 4) is 0 Å². The van der Waals surface area contributed by atoms with Gasteiger partial charge in [-0.15, -0.1) is 0 Å². The second kappa shape index (κ2) is 8.26. The highest BCUT2D eigenvalue weighted by atomic mass is 35.5. The van der Waals surface area contributed by atoms with Gasteiger partial charge in [0.25, 0.3) is 11.8 Å². The molecule has 0 unspecified atom stereocenters. The van der Waals surface area contributed by atoms with Gasteiger partial charge in [-0.25, -0.2) is 10.0 Å². The Morgan fingerprint density at radius 2 is 1.13 bits per heavy atom. The molecule has 6 nitrogen and oxygen atoms in total. The molecule has 1 aliphatic rings. The summed E-state index contributed by atoms with van der Waals surface area (Å²) in [6, 6.07) is 19.3. The number of rotatable bonds is 4. The summed E-state index contributed by atoms with van der Waals surface area (Å²) in [5, 5.41) is 11.8. The zero-order valence-electron chi connectivity index (χ0n) is 15.9. The largest absolute Gasteiger partial charge is 0.282 e. The number of benzene rings is 3. The van der Waals surface area contributed by atoms with E-state index in [0.29, 0.717) is 27.1 Å². The van der Waals surface area contributed by atoms with Crippen LogP contribution in [0.3, 0.4) is 0 Å². The van der Waals surface area contributed by atoms with E-state index in [1.165, 1.54) is 10.0 Å². The van der Waals surface area contributed by atoms with E-state index in [2.05, 4.69) is 10.2 Å². The summed E-state index contributed by atoms with van der Waals surface area (Å²) in [4.78, 5) is 26.4. The van der Waals surface area contributed by atoms with Gasteiger partial charge >= 0.3 is 0 Å². The van der Waals surface area contributed by atoms with Crippen molar-refractivity contribution in [3.63, 3.8) is 0 Å². The number of azo groups is 1. The van der Waals surface area contributed by atoms with Crippen LogP contribution in [0.4, 0.5) is 17.1 Å². The van der Waals surface area contributed by atoms with Crippen molar-refractivity contribution >= 4 is 52.1 Å². The third kappa shape index (κ3) is 3.92. The zero-order chi connectivity index (χ0) is 21.3. The first-order chi connectivity index (χ1) is 14.4. The zero-order valence-corrected chi connectivity index (χ0v) is 17.4. The average Bonchev–Trinajstić information content (AvgIpc) is 2.99. The molecule has 0 bridgehead atoms. The molecule has 8 heteroatoms. The molecule has 0 N–H and O–H groups in total. The van der Waals surface area contributed by atoms with E-state index < -0.39 is 17.9 Å². The number of aryl methyl sites for hydroxylation is 1. The highest BCUT2D eigenvalue weighted by Crippen LogP contribution is 2.32. The van der Waals surface area contributed by atoms with Gasteiger partial charge in [0.15, 0.2) is 0 Å². The van der Waals surface area contributed by atoms with E-state index in [9.17, 15) is 9.59 Å². The third-order valence-corrected chi connectivity index (χ3v) is 5.05. The van der Waals surface area contributed by atoms with Gasteiger partial charge in [-0.05, 0) is 67.6 Å². The molecule has 1 fully saturated rings. The molecule has 0 atom stereocenters. The molecule has 2 amide bonds. The minimum atomic E-state index is -1.29. The lowest BCUT2D eigenvalue weighted by Gasteiger charge is -2.27. The van der Waals surface area contributed by atoms with Crippen molar-refractivity contribution in [2.45, 2.75) is 13.0 Å². The average molecular weight is 439 g/mol. The monoisotopic (exact) mass is 438 g/mol. The number of hydrazine groups is 1. The first-order valence-electron chi connectivity index (χ1n) is 9.10. The SMILES string of the molecule is Cc1ccc(N=NC2C(=O)N(c3ccc(Cl)cc3)N(c3ccc(Cl)cc3)C2=O)cc1. The Hall–Kier alpha value is -3.22. The predicted octanol–water partition coefficient (Wildman–Crippen LogP) is 5.75. The Kier molecular flexibility index (Phi) is 5.53. The minimum absolute atomic E-state index is 0.487. The number of halogens is 2. The number of hydrogen-bond acceptors (Lipinski definition) is 4. The van der Waals surface area contributed by atoms with Crippen molar-refractivity contribution in [2.24, 2.45) is 10.2 Å². The van der Waals surface area contributed by atoms with E-state index in [4.69, 9.17) is 23.2 Å². The number of anilines is 2. The molecule has 0 aliphatic carbocycles. The van der Waals surface area contributed by atoms with Gasteiger partial charge in [-0.1, -0.05) is 40.9 Å².